The Balaban J connectivity index is 0.00000220. The van der Waals surface area contributed by atoms with Crippen molar-refractivity contribution in [3.05, 3.63) is 42.0 Å². The van der Waals surface area contributed by atoms with Crippen LogP contribution in [-0.4, -0.2) is 49.7 Å². The van der Waals surface area contributed by atoms with Gasteiger partial charge in [0.25, 0.3) is 5.91 Å². The third kappa shape index (κ3) is 4.62. The van der Waals surface area contributed by atoms with E-state index in [-0.39, 0.29) is 24.1 Å². The van der Waals surface area contributed by atoms with Gasteiger partial charge in [0, 0.05) is 0 Å². The highest BCUT2D eigenvalue weighted by Crippen LogP contribution is 2.24. The molecule has 0 saturated heterocycles. The van der Waals surface area contributed by atoms with Gasteiger partial charge in [-0.25, -0.2) is 0 Å². The summed E-state index contributed by atoms with van der Waals surface area (Å²) >= 11 is 0. The Morgan fingerprint density at radius 3 is 2.29 bits per heavy atom. The first-order valence-corrected chi connectivity index (χ1v) is 6.67. The van der Waals surface area contributed by atoms with Crippen molar-refractivity contribution in [1.29, 1.82) is 0 Å². The van der Waals surface area contributed by atoms with Crippen molar-refractivity contribution in [3.8, 4) is 5.75 Å². The van der Waals surface area contributed by atoms with Crippen LogP contribution in [0.5, 0.6) is 5.75 Å². The fraction of sp³-hybridized carbons (Fsp3) is 0.312. The van der Waals surface area contributed by atoms with E-state index in [1.165, 1.54) is 0 Å². The number of likely N-dealkylation sites (N-methyl/N-ethyl adjacent to an activating group) is 1. The minimum Gasteiger partial charge on any atom is -1.00 e. The van der Waals surface area contributed by atoms with Crippen molar-refractivity contribution in [2.45, 2.75) is 0 Å². The molecule has 1 amide bonds. The van der Waals surface area contributed by atoms with Gasteiger partial charge in [-0.05, 0) is 22.9 Å². The van der Waals surface area contributed by atoms with Crippen LogP contribution < -0.4 is 17.7 Å². The van der Waals surface area contributed by atoms with Crippen molar-refractivity contribution < 1.29 is 26.8 Å². The second-order valence-electron chi connectivity index (χ2n) is 5.99. The van der Waals surface area contributed by atoms with E-state index < -0.39 is 0 Å². The van der Waals surface area contributed by atoms with Crippen molar-refractivity contribution in [3.63, 3.8) is 0 Å². The maximum atomic E-state index is 12.1. The SMILES string of the molecule is C[N+](C)(C)CCNC(=O)c1cc2ccccc2cc1O.[Cl-]. The smallest absolute Gasteiger partial charge is 0.255 e. The first-order chi connectivity index (χ1) is 9.37. The molecule has 0 atom stereocenters. The highest BCUT2D eigenvalue weighted by Gasteiger charge is 2.13. The number of aromatic hydroxyl groups is 1. The molecule has 0 aromatic heterocycles. The Hall–Kier alpha value is -1.78. The number of carbonyl (C=O) groups is 1. The number of quaternary nitrogens is 1. The molecule has 21 heavy (non-hydrogen) atoms. The maximum Gasteiger partial charge on any atom is 0.255 e. The van der Waals surface area contributed by atoms with Crippen LogP contribution in [0.15, 0.2) is 36.4 Å². The Labute approximate surface area is 131 Å². The number of nitrogens with zero attached hydrogens (tertiary/aromatic N) is 1. The number of rotatable bonds is 4. The molecule has 4 nitrogen and oxygen atoms in total. The number of fused-ring (bicyclic) bond motifs is 1. The molecular formula is C16H21ClN2O2. The number of hydrogen-bond donors (Lipinski definition) is 2. The molecule has 0 saturated carbocycles. The summed E-state index contributed by atoms with van der Waals surface area (Å²) in [5.41, 5.74) is 0.324. The van der Waals surface area contributed by atoms with E-state index in [0.717, 1.165) is 21.8 Å². The number of carbonyl (C=O) groups excluding carboxylic acids is 1. The molecule has 2 rings (SSSR count). The minimum atomic E-state index is -0.235. The lowest BCUT2D eigenvalue weighted by Gasteiger charge is -2.23. The lowest BCUT2D eigenvalue weighted by Crippen LogP contribution is -3.00. The molecule has 0 spiro atoms. The molecule has 0 radical (unpaired) electrons. The molecule has 0 bridgehead atoms. The average molecular weight is 309 g/mol. The average Bonchev–Trinajstić information content (AvgIpc) is 2.36. The fourth-order valence-corrected chi connectivity index (χ4v) is 2.01. The second kappa shape index (κ2) is 6.78. The molecule has 114 valence electrons. The number of phenolic OH excluding ortho intramolecular Hbond substituents is 1. The summed E-state index contributed by atoms with van der Waals surface area (Å²) in [5.74, 6) is -0.215. The van der Waals surface area contributed by atoms with Crippen LogP contribution in [0.4, 0.5) is 0 Å². The van der Waals surface area contributed by atoms with E-state index >= 15 is 0 Å². The van der Waals surface area contributed by atoms with Crippen molar-refractivity contribution >= 4 is 16.7 Å². The lowest BCUT2D eigenvalue weighted by atomic mass is 10.1. The van der Waals surface area contributed by atoms with Gasteiger partial charge in [-0.3, -0.25) is 4.79 Å². The summed E-state index contributed by atoms with van der Waals surface area (Å²) in [4.78, 5) is 12.1. The van der Waals surface area contributed by atoms with E-state index in [1.54, 1.807) is 12.1 Å². The summed E-state index contributed by atoms with van der Waals surface area (Å²) in [6.45, 7) is 1.41. The number of amides is 1. The van der Waals surface area contributed by atoms with Crippen LogP contribution >= 0.6 is 0 Å². The molecule has 0 aliphatic heterocycles. The largest absolute Gasteiger partial charge is 1.00 e. The molecule has 0 fully saturated rings. The quantitative estimate of drug-likeness (QED) is 0.711. The van der Waals surface area contributed by atoms with Gasteiger partial charge < -0.3 is 27.3 Å². The Morgan fingerprint density at radius 2 is 1.71 bits per heavy atom. The molecule has 0 heterocycles. The Bertz CT molecular complexity index is 636. The first kappa shape index (κ1) is 17.3. The van der Waals surface area contributed by atoms with Crippen molar-refractivity contribution in [2.75, 3.05) is 34.2 Å². The zero-order chi connectivity index (χ0) is 14.8. The van der Waals surface area contributed by atoms with Gasteiger partial charge in [0.05, 0.1) is 39.8 Å². The maximum absolute atomic E-state index is 12.1. The topological polar surface area (TPSA) is 49.3 Å². The van der Waals surface area contributed by atoms with Crippen LogP contribution in [0.1, 0.15) is 10.4 Å². The number of hydrogen-bond acceptors (Lipinski definition) is 2. The zero-order valence-corrected chi connectivity index (χ0v) is 13.3. The molecule has 0 unspecified atom stereocenters. The highest BCUT2D eigenvalue weighted by molar-refractivity contribution is 6.01. The second-order valence-corrected chi connectivity index (χ2v) is 5.99. The summed E-state index contributed by atoms with van der Waals surface area (Å²) in [6, 6.07) is 11.0. The summed E-state index contributed by atoms with van der Waals surface area (Å²) in [5, 5.41) is 14.7. The molecule has 0 aliphatic rings. The minimum absolute atomic E-state index is 0. The number of nitrogens with one attached hydrogen (secondary N) is 1. The van der Waals surface area contributed by atoms with Gasteiger partial charge in [0.2, 0.25) is 0 Å². The Morgan fingerprint density at radius 1 is 1.14 bits per heavy atom. The third-order valence-corrected chi connectivity index (χ3v) is 3.18. The highest BCUT2D eigenvalue weighted by atomic mass is 35.5. The molecule has 2 aromatic rings. The van der Waals surface area contributed by atoms with E-state index in [2.05, 4.69) is 26.5 Å². The lowest BCUT2D eigenvalue weighted by molar-refractivity contribution is -0.869. The van der Waals surface area contributed by atoms with Gasteiger partial charge in [0.15, 0.2) is 0 Å². The van der Waals surface area contributed by atoms with Crippen LogP contribution in [-0.2, 0) is 0 Å². The summed E-state index contributed by atoms with van der Waals surface area (Å²) in [7, 11) is 6.21. The Kier molecular flexibility index (Phi) is 5.58. The molecule has 5 heteroatoms. The van der Waals surface area contributed by atoms with Crippen molar-refractivity contribution in [2.24, 2.45) is 0 Å². The molecule has 2 N–H and O–H groups in total. The summed E-state index contributed by atoms with van der Waals surface area (Å²) in [6.07, 6.45) is 0. The molecule has 0 aliphatic carbocycles. The number of benzene rings is 2. The van der Waals surface area contributed by atoms with Crippen LogP contribution in [0.2, 0.25) is 0 Å². The van der Waals surface area contributed by atoms with E-state index in [0.29, 0.717) is 12.1 Å². The van der Waals surface area contributed by atoms with Gasteiger partial charge in [-0.15, -0.1) is 0 Å². The predicted molar refractivity (Wildman–Crippen MR) is 80.8 cm³/mol. The molecular weight excluding hydrogens is 288 g/mol. The van der Waals surface area contributed by atoms with Crippen molar-refractivity contribution in [1.82, 2.24) is 5.32 Å². The number of phenols is 1. The zero-order valence-electron chi connectivity index (χ0n) is 12.6. The van der Waals surface area contributed by atoms with Crippen LogP contribution in [0.25, 0.3) is 10.8 Å². The van der Waals surface area contributed by atoms with Gasteiger partial charge in [0.1, 0.15) is 5.75 Å². The van der Waals surface area contributed by atoms with E-state index in [4.69, 9.17) is 0 Å². The van der Waals surface area contributed by atoms with E-state index in [9.17, 15) is 9.90 Å². The number of halogens is 1. The third-order valence-electron chi connectivity index (χ3n) is 3.18. The normalized spacial score (nSPS) is 11.0. The van der Waals surface area contributed by atoms with E-state index in [1.807, 2.05) is 24.3 Å². The monoisotopic (exact) mass is 308 g/mol. The van der Waals surface area contributed by atoms with Crippen LogP contribution in [0, 0.1) is 0 Å². The summed E-state index contributed by atoms with van der Waals surface area (Å²) < 4.78 is 0.782. The fourth-order valence-electron chi connectivity index (χ4n) is 2.01. The van der Waals surface area contributed by atoms with Gasteiger partial charge in [-0.2, -0.15) is 0 Å². The standard InChI is InChI=1S/C16H20N2O2.ClH/c1-18(2,3)9-8-17-16(20)14-10-12-6-4-5-7-13(12)11-15(14)19;/h4-7,10-11H,8-9H2,1-3H3,(H-,17,19,20);1H. The predicted octanol–water partition coefficient (Wildman–Crippen LogP) is -1.01. The van der Waals surface area contributed by atoms with Gasteiger partial charge in [-0.1, -0.05) is 24.3 Å². The first-order valence-electron chi connectivity index (χ1n) is 6.67. The van der Waals surface area contributed by atoms with Crippen LogP contribution in [0.3, 0.4) is 0 Å². The molecule has 2 aromatic carbocycles. The van der Waals surface area contributed by atoms with Gasteiger partial charge >= 0.3 is 0 Å².